The largest absolute Gasteiger partial charge is 0.619 e. The van der Waals surface area contributed by atoms with Crippen molar-refractivity contribution in [3.63, 3.8) is 0 Å². The lowest BCUT2D eigenvalue weighted by Crippen LogP contribution is -2.25. The summed E-state index contributed by atoms with van der Waals surface area (Å²) in [4.78, 5) is 4.58. The molecule has 4 rings (SSSR count). The molecule has 2 radical (unpaired) electrons. The third-order valence-electron chi connectivity index (χ3n) is 4.10. The van der Waals surface area contributed by atoms with E-state index in [1.807, 2.05) is 24.3 Å². The quantitative estimate of drug-likeness (QED) is 0.340. The molecule has 1 N–H and O–H groups in total. The van der Waals surface area contributed by atoms with Gasteiger partial charge in [0.2, 0.25) is 0 Å². The fourth-order valence-electron chi connectivity index (χ4n) is 2.80. The standard InChI is InChI=1S/C19H13BN6O/c20-16-11-23-26-18(22-10-14-4-2-6-25(27)12-14)8-17(24-19(16)26)15-5-1-3-13(7-15)9-21/h1-8,11-12,22H,10H2. The van der Waals surface area contributed by atoms with Gasteiger partial charge in [-0.2, -0.15) is 19.6 Å². The molecule has 8 heteroatoms. The second-order valence-corrected chi connectivity index (χ2v) is 5.98. The maximum Gasteiger partial charge on any atom is 0.185 e. The fourth-order valence-corrected chi connectivity index (χ4v) is 2.80. The minimum Gasteiger partial charge on any atom is -0.619 e. The van der Waals surface area contributed by atoms with Gasteiger partial charge in [0.1, 0.15) is 13.7 Å². The van der Waals surface area contributed by atoms with E-state index in [0.29, 0.717) is 34.7 Å². The molecular formula is C19H13BN6O. The molecule has 27 heavy (non-hydrogen) atoms. The zero-order valence-electron chi connectivity index (χ0n) is 14.2. The summed E-state index contributed by atoms with van der Waals surface area (Å²) < 4.78 is 2.37. The van der Waals surface area contributed by atoms with E-state index in [4.69, 9.17) is 13.1 Å². The number of anilines is 1. The molecule has 0 amide bonds. The molecule has 0 aliphatic heterocycles. The maximum atomic E-state index is 11.4. The molecule has 128 valence electrons. The third kappa shape index (κ3) is 3.31. The zero-order valence-corrected chi connectivity index (χ0v) is 14.2. The highest BCUT2D eigenvalue weighted by Crippen LogP contribution is 2.22. The van der Waals surface area contributed by atoms with Crippen LogP contribution in [0.5, 0.6) is 0 Å². The lowest BCUT2D eigenvalue weighted by Gasteiger charge is -2.11. The highest BCUT2D eigenvalue weighted by atomic mass is 16.5. The molecular weight excluding hydrogens is 339 g/mol. The Morgan fingerprint density at radius 2 is 2.15 bits per heavy atom. The fraction of sp³-hybridized carbons (Fsp3) is 0.0526. The average Bonchev–Trinajstić information content (AvgIpc) is 3.07. The first kappa shape index (κ1) is 16.6. The monoisotopic (exact) mass is 352 g/mol. The Hall–Kier alpha value is -3.86. The number of fused-ring (bicyclic) bond motifs is 1. The Balaban J connectivity index is 1.76. The molecule has 3 aromatic heterocycles. The highest BCUT2D eigenvalue weighted by Gasteiger charge is 2.11. The second-order valence-electron chi connectivity index (χ2n) is 5.98. The summed E-state index contributed by atoms with van der Waals surface area (Å²) in [6.45, 7) is 0.430. The number of hydrogen-bond donors (Lipinski definition) is 1. The van der Waals surface area contributed by atoms with Crippen molar-refractivity contribution in [1.29, 1.82) is 5.26 Å². The van der Waals surface area contributed by atoms with Crippen molar-refractivity contribution in [1.82, 2.24) is 14.6 Å². The van der Waals surface area contributed by atoms with E-state index in [2.05, 4.69) is 21.5 Å². The Morgan fingerprint density at radius 3 is 2.96 bits per heavy atom. The van der Waals surface area contributed by atoms with E-state index in [9.17, 15) is 5.21 Å². The molecule has 0 unspecified atom stereocenters. The van der Waals surface area contributed by atoms with Crippen molar-refractivity contribution < 1.29 is 4.73 Å². The van der Waals surface area contributed by atoms with Gasteiger partial charge in [0, 0.05) is 36.0 Å². The second kappa shape index (κ2) is 6.80. The molecule has 0 atom stereocenters. The van der Waals surface area contributed by atoms with E-state index in [1.54, 1.807) is 22.7 Å². The Kier molecular flexibility index (Phi) is 4.18. The van der Waals surface area contributed by atoms with Crippen LogP contribution < -0.4 is 15.5 Å². The van der Waals surface area contributed by atoms with Gasteiger partial charge in [-0.25, -0.2) is 4.98 Å². The number of benzene rings is 1. The number of aromatic nitrogens is 4. The van der Waals surface area contributed by atoms with Crippen LogP contribution in [0.2, 0.25) is 0 Å². The molecule has 7 nitrogen and oxygen atoms in total. The molecule has 0 saturated heterocycles. The molecule has 3 heterocycles. The molecule has 0 spiro atoms. The van der Waals surface area contributed by atoms with Gasteiger partial charge in [0.15, 0.2) is 18.0 Å². The normalized spacial score (nSPS) is 10.6. The van der Waals surface area contributed by atoms with Crippen LogP contribution in [0, 0.1) is 16.5 Å². The van der Waals surface area contributed by atoms with E-state index >= 15 is 0 Å². The van der Waals surface area contributed by atoms with Crippen LogP contribution in [0.25, 0.3) is 16.9 Å². The van der Waals surface area contributed by atoms with Crippen molar-refractivity contribution in [3.8, 4) is 17.3 Å². The maximum absolute atomic E-state index is 11.4. The summed E-state index contributed by atoms with van der Waals surface area (Å²) in [6.07, 6.45) is 4.47. The minimum absolute atomic E-state index is 0.430. The van der Waals surface area contributed by atoms with Crippen LogP contribution in [0.1, 0.15) is 11.1 Å². The molecule has 0 bridgehead atoms. The van der Waals surface area contributed by atoms with Crippen LogP contribution >= 0.6 is 0 Å². The number of rotatable bonds is 4. The molecule has 0 fully saturated rings. The van der Waals surface area contributed by atoms with Crippen LogP contribution in [0.3, 0.4) is 0 Å². The highest BCUT2D eigenvalue weighted by molar-refractivity contribution is 6.36. The van der Waals surface area contributed by atoms with Gasteiger partial charge in [0.25, 0.3) is 0 Å². The van der Waals surface area contributed by atoms with Gasteiger partial charge in [-0.3, -0.25) is 0 Å². The number of nitrogens with zero attached hydrogens (tertiary/aromatic N) is 5. The third-order valence-corrected chi connectivity index (χ3v) is 4.10. The van der Waals surface area contributed by atoms with Crippen LogP contribution in [0.15, 0.2) is 61.1 Å². The van der Waals surface area contributed by atoms with Gasteiger partial charge in [0.05, 0.1) is 17.3 Å². The van der Waals surface area contributed by atoms with Gasteiger partial charge < -0.3 is 10.5 Å². The van der Waals surface area contributed by atoms with Crippen molar-refractivity contribution in [2.45, 2.75) is 6.54 Å². The van der Waals surface area contributed by atoms with E-state index in [1.165, 1.54) is 18.6 Å². The van der Waals surface area contributed by atoms with E-state index in [-0.39, 0.29) is 0 Å². The first-order chi connectivity index (χ1) is 13.1. The lowest BCUT2D eigenvalue weighted by atomic mass is 10.0. The summed E-state index contributed by atoms with van der Waals surface area (Å²) in [6, 6.07) is 14.7. The Labute approximate surface area is 156 Å². The molecule has 4 aromatic rings. The Bertz CT molecular complexity index is 1180. The zero-order chi connectivity index (χ0) is 18.8. The predicted octanol–water partition coefficient (Wildman–Crippen LogP) is 1.31. The van der Waals surface area contributed by atoms with Gasteiger partial charge in [-0.1, -0.05) is 12.1 Å². The number of hydrogen-bond acceptors (Lipinski definition) is 5. The summed E-state index contributed by atoms with van der Waals surface area (Å²) in [7, 11) is 6.00. The topological polar surface area (TPSA) is 93.0 Å². The smallest absolute Gasteiger partial charge is 0.185 e. The molecule has 0 aliphatic carbocycles. The van der Waals surface area contributed by atoms with Gasteiger partial charge in [-0.05, 0) is 23.7 Å². The van der Waals surface area contributed by atoms with E-state index in [0.717, 1.165) is 15.9 Å². The number of pyridine rings is 1. The predicted molar refractivity (Wildman–Crippen MR) is 101 cm³/mol. The van der Waals surface area contributed by atoms with Crippen molar-refractivity contribution in [2.75, 3.05) is 5.32 Å². The average molecular weight is 352 g/mol. The van der Waals surface area contributed by atoms with Crippen molar-refractivity contribution in [2.24, 2.45) is 0 Å². The summed E-state index contributed by atoms with van der Waals surface area (Å²) in [5, 5.41) is 28.1. The first-order valence-electron chi connectivity index (χ1n) is 8.20. The minimum atomic E-state index is 0.430. The van der Waals surface area contributed by atoms with Crippen LogP contribution in [-0.2, 0) is 6.54 Å². The first-order valence-corrected chi connectivity index (χ1v) is 8.20. The van der Waals surface area contributed by atoms with Crippen LogP contribution in [-0.4, -0.2) is 22.4 Å². The molecule has 0 saturated carbocycles. The Morgan fingerprint density at radius 1 is 1.26 bits per heavy atom. The number of nitrogens with one attached hydrogen (secondary N) is 1. The van der Waals surface area contributed by atoms with Crippen LogP contribution in [0.4, 0.5) is 5.82 Å². The SMILES string of the molecule is [B]c1cnn2c(NCc3ccc[n+]([O-])c3)cc(-c3cccc(C#N)c3)nc12. The summed E-state index contributed by atoms with van der Waals surface area (Å²) in [5.74, 6) is 0.676. The van der Waals surface area contributed by atoms with E-state index < -0.39 is 0 Å². The number of nitriles is 1. The lowest BCUT2D eigenvalue weighted by molar-refractivity contribution is -0.605. The van der Waals surface area contributed by atoms with Gasteiger partial charge in [-0.15, -0.1) is 0 Å². The van der Waals surface area contributed by atoms with Crippen molar-refractivity contribution in [3.05, 3.63) is 77.4 Å². The summed E-state index contributed by atoms with van der Waals surface area (Å²) in [5.41, 5.74) is 3.82. The summed E-state index contributed by atoms with van der Waals surface area (Å²) >= 11 is 0. The van der Waals surface area contributed by atoms with Gasteiger partial charge >= 0.3 is 0 Å². The molecule has 0 aliphatic rings. The molecule has 1 aromatic carbocycles. The van der Waals surface area contributed by atoms with Crippen molar-refractivity contribution >= 4 is 24.8 Å².